The van der Waals surface area contributed by atoms with Crippen LogP contribution in [0.1, 0.15) is 68.0 Å². The van der Waals surface area contributed by atoms with E-state index in [4.69, 9.17) is 0 Å². The number of hydrogen-bond donors (Lipinski definition) is 3. The van der Waals surface area contributed by atoms with E-state index in [-0.39, 0.29) is 16.9 Å². The smallest absolute Gasteiger partial charge is 0.407 e. The lowest BCUT2D eigenvalue weighted by atomic mass is 9.75. The third-order valence-corrected chi connectivity index (χ3v) is 7.62. The van der Waals surface area contributed by atoms with Crippen LogP contribution < -0.4 is 5.32 Å². The van der Waals surface area contributed by atoms with E-state index in [1.54, 1.807) is 7.05 Å². The monoisotopic (exact) mass is 472 g/mol. The molecule has 0 fully saturated rings. The number of nitrogens with one attached hydrogen (secondary N) is 1. The summed E-state index contributed by atoms with van der Waals surface area (Å²) >= 11 is 1.93. The van der Waals surface area contributed by atoms with Gasteiger partial charge in [-0.2, -0.15) is 0 Å². The number of thiophene rings is 1. The molecule has 5 nitrogen and oxygen atoms in total. The summed E-state index contributed by atoms with van der Waals surface area (Å²) in [5.41, 5.74) is 2.80. The van der Waals surface area contributed by atoms with Gasteiger partial charge < -0.3 is 20.4 Å². The maximum absolute atomic E-state index is 11.7. The van der Waals surface area contributed by atoms with Gasteiger partial charge in [0.1, 0.15) is 0 Å². The molecule has 1 amide bonds. The molecule has 1 heterocycles. The third-order valence-electron chi connectivity index (χ3n) is 6.47. The zero-order valence-electron chi connectivity index (χ0n) is 20.9. The van der Waals surface area contributed by atoms with E-state index >= 15 is 0 Å². The van der Waals surface area contributed by atoms with Crippen LogP contribution >= 0.6 is 11.3 Å². The van der Waals surface area contributed by atoms with Crippen LogP contribution in [0.25, 0.3) is 0 Å². The fourth-order valence-corrected chi connectivity index (χ4v) is 6.61. The Labute approximate surface area is 202 Å². The molecule has 3 atom stereocenters. The molecule has 1 aromatic heterocycles. The highest BCUT2D eigenvalue weighted by molar-refractivity contribution is 7.12. The predicted octanol–water partition coefficient (Wildman–Crippen LogP) is 5.52. The van der Waals surface area contributed by atoms with E-state index in [0.717, 1.165) is 24.8 Å². The summed E-state index contributed by atoms with van der Waals surface area (Å²) in [6.07, 6.45) is 1.77. The highest BCUT2D eigenvalue weighted by Crippen LogP contribution is 2.45. The maximum Gasteiger partial charge on any atom is 0.407 e. The molecule has 1 aliphatic carbocycles. The average Bonchev–Trinajstić information content (AvgIpc) is 3.09. The number of fused-ring (bicyclic) bond motifs is 1. The number of nitrogens with zero attached hydrogens (tertiary/aromatic N) is 1. The summed E-state index contributed by atoms with van der Waals surface area (Å²) in [5, 5.41) is 24.3. The average molecular weight is 473 g/mol. The van der Waals surface area contributed by atoms with Gasteiger partial charge in [-0.15, -0.1) is 11.3 Å². The first-order chi connectivity index (χ1) is 15.3. The van der Waals surface area contributed by atoms with Gasteiger partial charge in [0.15, 0.2) is 0 Å². The number of amides is 1. The van der Waals surface area contributed by atoms with Crippen molar-refractivity contribution < 1.29 is 15.0 Å². The number of likely N-dealkylation sites (N-methyl/N-ethyl adjacent to an activating group) is 1. The largest absolute Gasteiger partial charge is 0.465 e. The zero-order chi connectivity index (χ0) is 24.4. The van der Waals surface area contributed by atoms with E-state index in [2.05, 4.69) is 46.0 Å². The van der Waals surface area contributed by atoms with E-state index in [1.165, 1.54) is 20.2 Å². The van der Waals surface area contributed by atoms with Crippen molar-refractivity contribution in [3.63, 3.8) is 0 Å². The van der Waals surface area contributed by atoms with Crippen molar-refractivity contribution in [3.8, 4) is 0 Å². The molecule has 182 valence electrons. The van der Waals surface area contributed by atoms with Gasteiger partial charge in [0.05, 0.1) is 12.1 Å². The fraction of sp³-hybridized carbons (Fsp3) is 0.593. The molecule has 0 bridgehead atoms. The Morgan fingerprint density at radius 1 is 1.27 bits per heavy atom. The van der Waals surface area contributed by atoms with Gasteiger partial charge in [-0.05, 0) is 53.7 Å². The zero-order valence-corrected chi connectivity index (χ0v) is 21.7. The fourth-order valence-electron chi connectivity index (χ4n) is 4.82. The van der Waals surface area contributed by atoms with E-state index in [0.29, 0.717) is 13.0 Å². The molecule has 0 saturated carbocycles. The van der Waals surface area contributed by atoms with Gasteiger partial charge in [0.25, 0.3) is 0 Å². The Morgan fingerprint density at radius 3 is 2.55 bits per heavy atom. The topological polar surface area (TPSA) is 72.8 Å². The Hall–Kier alpha value is -1.89. The quantitative estimate of drug-likeness (QED) is 0.473. The Balaban J connectivity index is 1.75. The predicted molar refractivity (Wildman–Crippen MR) is 136 cm³/mol. The molecular weight excluding hydrogens is 432 g/mol. The number of carbonyl (C=O) groups is 1. The van der Waals surface area contributed by atoms with Gasteiger partial charge >= 0.3 is 6.09 Å². The van der Waals surface area contributed by atoms with Crippen LogP contribution in [0, 0.1) is 10.8 Å². The molecule has 6 heteroatoms. The van der Waals surface area contributed by atoms with E-state index in [1.807, 2.05) is 41.7 Å². The number of aliphatic hydroxyl groups excluding tert-OH is 1. The van der Waals surface area contributed by atoms with Gasteiger partial charge in [-0.3, -0.25) is 0 Å². The van der Waals surface area contributed by atoms with Gasteiger partial charge in [0.2, 0.25) is 0 Å². The molecule has 1 aromatic carbocycles. The SMILES string of the molecule is CN(C(=O)O)[C@@H](Cc1ccccc1)[C@@H](O)CN[C@H]1CC(C)(C)Cc2sc(CC(C)(C)C)cc21. The molecule has 3 N–H and O–H groups in total. The number of rotatable bonds is 8. The standard InChI is InChI=1S/C27H40N2O3S/c1-26(2,3)14-19-13-20-21(15-27(4,5)16-24(20)33-19)28-17-23(30)22(29(6)25(31)32)12-18-10-8-7-9-11-18/h7-11,13,21-23,28,30H,12,14-17H2,1-6H3,(H,31,32)/t21-,22-,23-/m0/s1. The van der Waals surface area contributed by atoms with Crippen LogP contribution in [0.4, 0.5) is 4.79 Å². The molecule has 2 aromatic rings. The lowest BCUT2D eigenvalue weighted by molar-refractivity contribution is 0.0566. The second-order valence-electron chi connectivity index (χ2n) is 11.6. The highest BCUT2D eigenvalue weighted by Gasteiger charge is 2.35. The first-order valence-electron chi connectivity index (χ1n) is 11.9. The lowest BCUT2D eigenvalue weighted by Crippen LogP contribution is -2.50. The summed E-state index contributed by atoms with van der Waals surface area (Å²) in [5.74, 6) is 0. The van der Waals surface area contributed by atoms with Crippen molar-refractivity contribution in [2.75, 3.05) is 13.6 Å². The van der Waals surface area contributed by atoms with Crippen LogP contribution in [-0.4, -0.2) is 46.9 Å². The molecule has 0 saturated heterocycles. The highest BCUT2D eigenvalue weighted by atomic mass is 32.1. The normalized spacial score (nSPS) is 19.5. The van der Waals surface area contributed by atoms with Crippen molar-refractivity contribution >= 4 is 17.4 Å². The number of benzene rings is 1. The van der Waals surface area contributed by atoms with E-state index in [9.17, 15) is 15.0 Å². The van der Waals surface area contributed by atoms with Crippen molar-refractivity contribution in [2.24, 2.45) is 10.8 Å². The Bertz CT molecular complexity index is 933. The summed E-state index contributed by atoms with van der Waals surface area (Å²) in [4.78, 5) is 15.8. The van der Waals surface area contributed by atoms with Crippen LogP contribution in [0.15, 0.2) is 36.4 Å². The van der Waals surface area contributed by atoms with Crippen LogP contribution in [0.3, 0.4) is 0 Å². The molecule has 0 aliphatic heterocycles. The number of hydrogen-bond acceptors (Lipinski definition) is 4. The summed E-state index contributed by atoms with van der Waals surface area (Å²) in [6.45, 7) is 11.8. The molecule has 1 aliphatic rings. The molecule has 33 heavy (non-hydrogen) atoms. The molecule has 3 rings (SSSR count). The number of aliphatic hydroxyl groups is 1. The van der Waals surface area contributed by atoms with E-state index < -0.39 is 18.2 Å². The Kier molecular flexibility index (Phi) is 7.92. The second kappa shape index (κ2) is 10.2. The van der Waals surface area contributed by atoms with Gasteiger partial charge in [0, 0.05) is 29.4 Å². The minimum atomic E-state index is -1.03. The second-order valence-corrected chi connectivity index (χ2v) is 12.8. The van der Waals surface area contributed by atoms with Gasteiger partial charge in [-0.1, -0.05) is 65.0 Å². The molecule has 0 spiro atoms. The Morgan fingerprint density at radius 2 is 1.94 bits per heavy atom. The van der Waals surface area contributed by atoms with Crippen LogP contribution in [-0.2, 0) is 19.3 Å². The summed E-state index contributed by atoms with van der Waals surface area (Å²) in [6, 6.07) is 11.8. The van der Waals surface area contributed by atoms with Crippen LogP contribution in [0.2, 0.25) is 0 Å². The number of carboxylic acid groups (broad SMARTS) is 1. The van der Waals surface area contributed by atoms with Crippen molar-refractivity contribution in [3.05, 3.63) is 57.3 Å². The minimum absolute atomic E-state index is 0.163. The first-order valence-corrected chi connectivity index (χ1v) is 12.7. The van der Waals surface area contributed by atoms with Gasteiger partial charge in [-0.25, -0.2) is 4.79 Å². The summed E-state index contributed by atoms with van der Waals surface area (Å²) < 4.78 is 0. The van der Waals surface area contributed by atoms with Crippen molar-refractivity contribution in [2.45, 2.75) is 78.5 Å². The third kappa shape index (κ3) is 7.05. The minimum Gasteiger partial charge on any atom is -0.465 e. The molecular formula is C27H40N2O3S. The van der Waals surface area contributed by atoms with Crippen LogP contribution in [0.5, 0.6) is 0 Å². The van der Waals surface area contributed by atoms with Crippen molar-refractivity contribution in [1.82, 2.24) is 10.2 Å². The lowest BCUT2D eigenvalue weighted by Gasteiger charge is -2.37. The van der Waals surface area contributed by atoms with Crippen molar-refractivity contribution in [1.29, 1.82) is 0 Å². The summed E-state index contributed by atoms with van der Waals surface area (Å²) in [7, 11) is 1.54. The maximum atomic E-state index is 11.7. The molecule has 0 unspecified atom stereocenters. The molecule has 0 radical (unpaired) electrons. The first kappa shape index (κ1) is 25.7.